The molecular weight excluding hydrogens is 320 g/mol. The number of pyridine rings is 1. The summed E-state index contributed by atoms with van der Waals surface area (Å²) in [6.07, 6.45) is 1.17. The molecule has 0 fully saturated rings. The van der Waals surface area contributed by atoms with Gasteiger partial charge in [0.15, 0.2) is 0 Å². The molecule has 2 unspecified atom stereocenters. The van der Waals surface area contributed by atoms with Crippen molar-refractivity contribution in [3.8, 4) is 0 Å². The zero-order valence-electron chi connectivity index (χ0n) is 13.1. The summed E-state index contributed by atoms with van der Waals surface area (Å²) >= 11 is 5.90. The summed E-state index contributed by atoms with van der Waals surface area (Å²) in [6.45, 7) is 0.414. The van der Waals surface area contributed by atoms with Crippen molar-refractivity contribution in [1.82, 2.24) is 10.3 Å². The zero-order valence-corrected chi connectivity index (χ0v) is 13.9. The van der Waals surface area contributed by atoms with Gasteiger partial charge in [-0.15, -0.1) is 0 Å². The van der Waals surface area contributed by atoms with E-state index in [4.69, 9.17) is 11.6 Å². The highest BCUT2D eigenvalue weighted by Crippen LogP contribution is 2.22. The Bertz CT molecular complexity index is 708. The fourth-order valence-corrected chi connectivity index (χ4v) is 2.74. The predicted molar refractivity (Wildman–Crippen MR) is 96.9 cm³/mol. The van der Waals surface area contributed by atoms with Gasteiger partial charge in [0.25, 0.3) is 0 Å². The van der Waals surface area contributed by atoms with Crippen LogP contribution in [-0.4, -0.2) is 16.6 Å². The van der Waals surface area contributed by atoms with Gasteiger partial charge in [-0.25, -0.2) is 0 Å². The van der Waals surface area contributed by atoms with E-state index >= 15 is 0 Å². The van der Waals surface area contributed by atoms with Crippen molar-refractivity contribution in [1.29, 1.82) is 0 Å². The number of aliphatic hydroxyl groups excluding tert-OH is 1. The molecule has 0 radical (unpaired) electrons. The Morgan fingerprint density at radius 2 is 1.58 bits per heavy atom. The molecule has 3 nitrogen and oxygen atoms in total. The van der Waals surface area contributed by atoms with Crippen LogP contribution in [0.25, 0.3) is 0 Å². The normalized spacial score (nSPS) is 13.4. The molecule has 1 heterocycles. The van der Waals surface area contributed by atoms with Gasteiger partial charge in [-0.3, -0.25) is 4.98 Å². The number of aliphatic hydroxyl groups is 1. The van der Waals surface area contributed by atoms with E-state index < -0.39 is 6.10 Å². The number of nitrogens with zero attached hydrogens (tertiary/aromatic N) is 1. The van der Waals surface area contributed by atoms with Crippen molar-refractivity contribution >= 4 is 11.6 Å². The first-order valence-corrected chi connectivity index (χ1v) is 8.24. The van der Waals surface area contributed by atoms with Crippen molar-refractivity contribution in [2.24, 2.45) is 0 Å². The van der Waals surface area contributed by atoms with Gasteiger partial charge in [-0.1, -0.05) is 60.1 Å². The van der Waals surface area contributed by atoms with Gasteiger partial charge in [-0.2, -0.15) is 0 Å². The number of hydrogen-bond acceptors (Lipinski definition) is 3. The van der Waals surface area contributed by atoms with E-state index in [-0.39, 0.29) is 6.04 Å². The molecule has 122 valence electrons. The minimum Gasteiger partial charge on any atom is -0.387 e. The smallest absolute Gasteiger partial charge is 0.0914 e. The fraction of sp³-hybridized carbons (Fsp3) is 0.150. The highest BCUT2D eigenvalue weighted by molar-refractivity contribution is 6.30. The molecule has 2 atom stereocenters. The maximum atomic E-state index is 10.4. The highest BCUT2D eigenvalue weighted by Gasteiger charge is 2.17. The van der Waals surface area contributed by atoms with Gasteiger partial charge in [0.1, 0.15) is 0 Å². The van der Waals surface area contributed by atoms with Crippen LogP contribution in [0.5, 0.6) is 0 Å². The van der Waals surface area contributed by atoms with Gasteiger partial charge in [0.2, 0.25) is 0 Å². The lowest BCUT2D eigenvalue weighted by Gasteiger charge is -2.21. The fourth-order valence-electron chi connectivity index (χ4n) is 2.62. The topological polar surface area (TPSA) is 45.1 Å². The van der Waals surface area contributed by atoms with Gasteiger partial charge < -0.3 is 10.4 Å². The first kappa shape index (κ1) is 16.7. The third-order valence-electron chi connectivity index (χ3n) is 3.89. The second-order valence-corrected chi connectivity index (χ2v) is 6.01. The molecule has 0 saturated carbocycles. The summed E-state index contributed by atoms with van der Waals surface area (Å²) in [5.74, 6) is 0. The number of benzene rings is 2. The lowest BCUT2D eigenvalue weighted by Crippen LogP contribution is -2.28. The Hall–Kier alpha value is -2.20. The third-order valence-corrected chi connectivity index (χ3v) is 4.14. The van der Waals surface area contributed by atoms with Crippen LogP contribution in [0.15, 0.2) is 79.0 Å². The number of hydrogen-bond donors (Lipinski definition) is 2. The summed E-state index contributed by atoms with van der Waals surface area (Å²) in [5.41, 5.74) is 2.87. The van der Waals surface area contributed by atoms with E-state index in [0.717, 1.165) is 16.8 Å². The zero-order chi connectivity index (χ0) is 16.8. The Morgan fingerprint density at radius 3 is 2.25 bits per heavy atom. The van der Waals surface area contributed by atoms with Crippen molar-refractivity contribution in [3.05, 3.63) is 101 Å². The molecule has 1 aromatic heterocycles. The number of aromatic nitrogens is 1. The van der Waals surface area contributed by atoms with Gasteiger partial charge in [0, 0.05) is 17.8 Å². The van der Waals surface area contributed by atoms with Gasteiger partial charge >= 0.3 is 0 Å². The monoisotopic (exact) mass is 338 g/mol. The third kappa shape index (κ3) is 4.20. The van der Waals surface area contributed by atoms with Gasteiger partial charge in [-0.05, 0) is 35.4 Å². The lowest BCUT2D eigenvalue weighted by molar-refractivity contribution is 0.171. The van der Waals surface area contributed by atoms with Crippen LogP contribution >= 0.6 is 11.6 Å². The standard InChI is InChI=1S/C20H19ClN2O/c21-17-11-9-15(10-12-17)19(24)14-23-20(16-6-2-1-3-7-16)18-8-4-5-13-22-18/h1-13,19-20,23-24H,14H2. The Balaban J connectivity index is 1.76. The predicted octanol–water partition coefficient (Wildman–Crippen LogP) is 4.15. The van der Waals surface area contributed by atoms with E-state index in [9.17, 15) is 5.11 Å². The average molecular weight is 339 g/mol. The van der Waals surface area contributed by atoms with Crippen LogP contribution in [0.3, 0.4) is 0 Å². The molecule has 24 heavy (non-hydrogen) atoms. The van der Waals surface area contributed by atoms with Crippen LogP contribution < -0.4 is 5.32 Å². The Morgan fingerprint density at radius 1 is 0.875 bits per heavy atom. The molecule has 0 aliphatic rings. The minimum atomic E-state index is -0.614. The SMILES string of the molecule is OC(CNC(c1ccccc1)c1ccccn1)c1ccc(Cl)cc1. The maximum absolute atomic E-state index is 10.4. The minimum absolute atomic E-state index is 0.0747. The summed E-state index contributed by atoms with van der Waals surface area (Å²) < 4.78 is 0. The molecule has 0 aliphatic carbocycles. The van der Waals surface area contributed by atoms with Crippen molar-refractivity contribution in [2.45, 2.75) is 12.1 Å². The molecule has 3 rings (SSSR count). The maximum Gasteiger partial charge on any atom is 0.0914 e. The van der Waals surface area contributed by atoms with E-state index in [1.165, 1.54) is 0 Å². The molecule has 4 heteroatoms. The van der Waals surface area contributed by atoms with E-state index in [2.05, 4.69) is 22.4 Å². The summed E-state index contributed by atoms with van der Waals surface area (Å²) in [4.78, 5) is 4.46. The quantitative estimate of drug-likeness (QED) is 0.709. The molecule has 3 aromatic rings. The van der Waals surface area contributed by atoms with Crippen LogP contribution in [0.4, 0.5) is 0 Å². The first-order chi connectivity index (χ1) is 11.7. The van der Waals surface area contributed by atoms with Crippen LogP contribution in [-0.2, 0) is 0 Å². The molecule has 2 N–H and O–H groups in total. The number of nitrogens with one attached hydrogen (secondary N) is 1. The molecule has 0 saturated heterocycles. The van der Waals surface area contributed by atoms with E-state index in [1.807, 2.05) is 48.5 Å². The van der Waals surface area contributed by atoms with Crippen LogP contribution in [0.1, 0.15) is 29.0 Å². The highest BCUT2D eigenvalue weighted by atomic mass is 35.5. The second-order valence-electron chi connectivity index (χ2n) is 5.57. The van der Waals surface area contributed by atoms with E-state index in [0.29, 0.717) is 11.6 Å². The summed E-state index contributed by atoms with van der Waals surface area (Å²) in [6, 6.07) is 23.1. The van der Waals surface area contributed by atoms with Crippen LogP contribution in [0, 0.1) is 0 Å². The van der Waals surface area contributed by atoms with Gasteiger partial charge in [0.05, 0.1) is 17.8 Å². The molecule has 0 bridgehead atoms. The number of halogens is 1. The summed E-state index contributed by atoms with van der Waals surface area (Å²) in [7, 11) is 0. The van der Waals surface area contributed by atoms with Crippen molar-refractivity contribution < 1.29 is 5.11 Å². The Labute approximate surface area is 147 Å². The second kappa shape index (κ2) is 8.06. The average Bonchev–Trinajstić information content (AvgIpc) is 2.64. The molecular formula is C20H19ClN2O. The van der Waals surface area contributed by atoms with Crippen LogP contribution in [0.2, 0.25) is 5.02 Å². The van der Waals surface area contributed by atoms with Crippen molar-refractivity contribution in [2.75, 3.05) is 6.54 Å². The molecule has 0 amide bonds. The number of rotatable bonds is 6. The molecule has 2 aromatic carbocycles. The summed E-state index contributed by atoms with van der Waals surface area (Å²) in [5, 5.41) is 14.5. The lowest BCUT2D eigenvalue weighted by atomic mass is 10.0. The van der Waals surface area contributed by atoms with Crippen molar-refractivity contribution in [3.63, 3.8) is 0 Å². The van der Waals surface area contributed by atoms with E-state index in [1.54, 1.807) is 18.3 Å². The molecule has 0 aliphatic heterocycles. The first-order valence-electron chi connectivity index (χ1n) is 7.87. The molecule has 0 spiro atoms. The Kier molecular flexibility index (Phi) is 5.59. The largest absolute Gasteiger partial charge is 0.387 e.